The van der Waals surface area contributed by atoms with Gasteiger partial charge in [0.25, 0.3) is 0 Å². The van der Waals surface area contributed by atoms with Gasteiger partial charge in [-0.15, -0.1) is 0 Å². The molecule has 0 bridgehead atoms. The maximum atomic E-state index is 4.84. The van der Waals surface area contributed by atoms with Crippen LogP contribution < -0.4 is 4.90 Å². The Bertz CT molecular complexity index is 862. The van der Waals surface area contributed by atoms with E-state index < -0.39 is 0 Å². The fourth-order valence-electron chi connectivity index (χ4n) is 3.63. The number of hydrogen-bond acceptors (Lipinski definition) is 3. The van der Waals surface area contributed by atoms with Gasteiger partial charge < -0.3 is 4.90 Å². The number of piperazine rings is 1. The Kier molecular flexibility index (Phi) is 4.89. The third kappa shape index (κ3) is 3.73. The molecule has 0 unspecified atom stereocenters. The predicted molar refractivity (Wildman–Crippen MR) is 110 cm³/mol. The van der Waals surface area contributed by atoms with Crippen LogP contribution in [-0.2, 0) is 6.54 Å². The van der Waals surface area contributed by atoms with Gasteiger partial charge in [-0.25, -0.2) is 4.98 Å². The van der Waals surface area contributed by atoms with Crippen molar-refractivity contribution in [1.82, 2.24) is 9.88 Å². The van der Waals surface area contributed by atoms with E-state index in [1.165, 1.54) is 16.5 Å². The average molecular weight is 345 g/mol. The summed E-state index contributed by atoms with van der Waals surface area (Å²) in [4.78, 5) is 9.79. The van der Waals surface area contributed by atoms with Crippen LogP contribution in [0, 0.1) is 0 Å². The summed E-state index contributed by atoms with van der Waals surface area (Å²) >= 11 is 0. The van der Waals surface area contributed by atoms with Crippen LogP contribution in [0.3, 0.4) is 0 Å². The number of fused-ring (bicyclic) bond motifs is 1. The molecule has 3 aromatic rings. The van der Waals surface area contributed by atoms with E-state index in [4.69, 9.17) is 4.98 Å². The molecule has 2 aromatic carbocycles. The maximum absolute atomic E-state index is 4.84. The second-order valence-corrected chi connectivity index (χ2v) is 7.52. The quantitative estimate of drug-likeness (QED) is 0.684. The highest BCUT2D eigenvalue weighted by atomic mass is 15.3. The van der Waals surface area contributed by atoms with Gasteiger partial charge in [-0.05, 0) is 35.2 Å². The van der Waals surface area contributed by atoms with Crippen molar-refractivity contribution in [1.29, 1.82) is 0 Å². The molecular formula is C23H27N3. The van der Waals surface area contributed by atoms with E-state index in [0.29, 0.717) is 5.92 Å². The van der Waals surface area contributed by atoms with E-state index >= 15 is 0 Å². The van der Waals surface area contributed by atoms with E-state index in [0.717, 1.165) is 44.1 Å². The minimum absolute atomic E-state index is 0.599. The molecule has 134 valence electrons. The highest BCUT2D eigenvalue weighted by Gasteiger charge is 2.18. The summed E-state index contributed by atoms with van der Waals surface area (Å²) in [5.41, 5.74) is 3.91. The van der Waals surface area contributed by atoms with Crippen LogP contribution in [0.2, 0.25) is 0 Å². The largest absolute Gasteiger partial charge is 0.354 e. The van der Waals surface area contributed by atoms with Crippen LogP contribution in [0.1, 0.15) is 30.9 Å². The van der Waals surface area contributed by atoms with Gasteiger partial charge in [-0.1, -0.05) is 56.3 Å². The number of anilines is 1. The van der Waals surface area contributed by atoms with Gasteiger partial charge in [0.2, 0.25) is 0 Å². The lowest BCUT2D eigenvalue weighted by molar-refractivity contribution is 0.249. The first-order valence-corrected chi connectivity index (χ1v) is 9.61. The molecule has 1 aliphatic heterocycles. The monoisotopic (exact) mass is 345 g/mol. The summed E-state index contributed by atoms with van der Waals surface area (Å²) < 4.78 is 0. The number of nitrogens with zero attached hydrogens (tertiary/aromatic N) is 3. The van der Waals surface area contributed by atoms with Crippen molar-refractivity contribution in [3.05, 3.63) is 71.8 Å². The van der Waals surface area contributed by atoms with Crippen molar-refractivity contribution in [2.75, 3.05) is 31.1 Å². The van der Waals surface area contributed by atoms with Crippen molar-refractivity contribution in [3.8, 4) is 0 Å². The Labute approximate surface area is 156 Å². The third-order valence-electron chi connectivity index (χ3n) is 5.33. The lowest BCUT2D eigenvalue weighted by Gasteiger charge is -2.35. The first kappa shape index (κ1) is 17.0. The Balaban J connectivity index is 1.37. The summed E-state index contributed by atoms with van der Waals surface area (Å²) in [7, 11) is 0. The standard InChI is InChI=1S/C23H27N3/c1-18(2)20-9-7-19(8-10-20)17-25-13-15-26(16-14-25)23-12-11-21-5-3-4-6-22(21)24-23/h3-12,18H,13-17H2,1-2H3. The van der Waals surface area contributed by atoms with Crippen LogP contribution in [0.4, 0.5) is 5.82 Å². The number of para-hydroxylation sites is 1. The first-order chi connectivity index (χ1) is 12.7. The van der Waals surface area contributed by atoms with Crippen LogP contribution in [0.5, 0.6) is 0 Å². The molecule has 0 atom stereocenters. The molecule has 26 heavy (non-hydrogen) atoms. The minimum atomic E-state index is 0.599. The van der Waals surface area contributed by atoms with Gasteiger partial charge in [0.15, 0.2) is 0 Å². The SMILES string of the molecule is CC(C)c1ccc(CN2CCN(c3ccc4ccccc4n3)CC2)cc1. The zero-order valence-electron chi connectivity index (χ0n) is 15.7. The van der Waals surface area contributed by atoms with Crippen LogP contribution in [0.15, 0.2) is 60.7 Å². The molecule has 1 fully saturated rings. The molecule has 0 saturated carbocycles. The molecule has 1 saturated heterocycles. The number of pyridine rings is 1. The van der Waals surface area contributed by atoms with Gasteiger partial charge in [0.05, 0.1) is 5.52 Å². The van der Waals surface area contributed by atoms with E-state index in [1.54, 1.807) is 0 Å². The van der Waals surface area contributed by atoms with Crippen LogP contribution >= 0.6 is 0 Å². The van der Waals surface area contributed by atoms with Crippen molar-refractivity contribution in [2.24, 2.45) is 0 Å². The Morgan fingerprint density at radius 3 is 2.31 bits per heavy atom. The normalized spacial score (nSPS) is 15.7. The summed E-state index contributed by atoms with van der Waals surface area (Å²) in [6, 6.07) is 21.8. The molecule has 0 radical (unpaired) electrons. The fraction of sp³-hybridized carbons (Fsp3) is 0.348. The molecule has 1 aliphatic rings. The molecule has 2 heterocycles. The molecule has 0 aliphatic carbocycles. The smallest absolute Gasteiger partial charge is 0.129 e. The van der Waals surface area contributed by atoms with Crippen molar-refractivity contribution in [3.63, 3.8) is 0 Å². The predicted octanol–water partition coefficient (Wildman–Crippen LogP) is 4.68. The van der Waals surface area contributed by atoms with E-state index in [9.17, 15) is 0 Å². The molecule has 0 spiro atoms. The van der Waals surface area contributed by atoms with Crippen molar-refractivity contribution in [2.45, 2.75) is 26.3 Å². The molecule has 4 rings (SSSR count). The van der Waals surface area contributed by atoms with Crippen molar-refractivity contribution >= 4 is 16.7 Å². The van der Waals surface area contributed by atoms with Gasteiger partial charge in [-0.2, -0.15) is 0 Å². The zero-order valence-corrected chi connectivity index (χ0v) is 15.7. The summed E-state index contributed by atoms with van der Waals surface area (Å²) in [6.45, 7) is 9.77. The minimum Gasteiger partial charge on any atom is -0.354 e. The summed E-state index contributed by atoms with van der Waals surface area (Å²) in [5.74, 6) is 1.70. The maximum Gasteiger partial charge on any atom is 0.129 e. The van der Waals surface area contributed by atoms with E-state index in [2.05, 4.69) is 84.3 Å². The van der Waals surface area contributed by atoms with E-state index in [1.807, 2.05) is 0 Å². The molecule has 3 nitrogen and oxygen atoms in total. The molecule has 3 heteroatoms. The number of rotatable bonds is 4. The van der Waals surface area contributed by atoms with Crippen LogP contribution in [0.25, 0.3) is 10.9 Å². The van der Waals surface area contributed by atoms with E-state index in [-0.39, 0.29) is 0 Å². The Morgan fingerprint density at radius 1 is 0.846 bits per heavy atom. The topological polar surface area (TPSA) is 19.4 Å². The molecular weight excluding hydrogens is 318 g/mol. The third-order valence-corrected chi connectivity index (χ3v) is 5.33. The second kappa shape index (κ2) is 7.46. The molecule has 0 N–H and O–H groups in total. The van der Waals surface area contributed by atoms with Gasteiger partial charge in [-0.3, -0.25) is 4.90 Å². The lowest BCUT2D eigenvalue weighted by Crippen LogP contribution is -2.46. The van der Waals surface area contributed by atoms with Gasteiger partial charge in [0.1, 0.15) is 5.82 Å². The summed E-state index contributed by atoms with van der Waals surface area (Å²) in [5, 5.41) is 1.21. The summed E-state index contributed by atoms with van der Waals surface area (Å²) in [6.07, 6.45) is 0. The average Bonchev–Trinajstić information content (AvgIpc) is 2.68. The molecule has 0 amide bonds. The number of hydrogen-bond donors (Lipinski definition) is 0. The zero-order chi connectivity index (χ0) is 17.9. The van der Waals surface area contributed by atoms with Crippen molar-refractivity contribution < 1.29 is 0 Å². The molecule has 1 aromatic heterocycles. The Hall–Kier alpha value is -2.39. The highest BCUT2D eigenvalue weighted by molar-refractivity contribution is 5.80. The highest BCUT2D eigenvalue weighted by Crippen LogP contribution is 2.20. The van der Waals surface area contributed by atoms with Crippen LogP contribution in [-0.4, -0.2) is 36.1 Å². The fourth-order valence-corrected chi connectivity index (χ4v) is 3.63. The first-order valence-electron chi connectivity index (χ1n) is 9.61. The Morgan fingerprint density at radius 2 is 1.58 bits per heavy atom. The number of benzene rings is 2. The van der Waals surface area contributed by atoms with Gasteiger partial charge >= 0.3 is 0 Å². The number of aromatic nitrogens is 1. The second-order valence-electron chi connectivity index (χ2n) is 7.52. The van der Waals surface area contributed by atoms with Gasteiger partial charge in [0, 0.05) is 38.1 Å². The lowest BCUT2D eigenvalue weighted by atomic mass is 10.0.